The molecule has 2 aliphatic rings. The van der Waals surface area contributed by atoms with Crippen molar-refractivity contribution < 1.29 is 8.42 Å². The standard InChI is InChI=1S/C11H22N2O2S/c1-11(4-6-12-7-5-11)10-13-8-2-3-9-16(13,14)15/h12H,2-10H2,1H3. The van der Waals surface area contributed by atoms with Gasteiger partial charge >= 0.3 is 0 Å². The highest BCUT2D eigenvalue weighted by Crippen LogP contribution is 2.31. The number of hydrogen-bond acceptors (Lipinski definition) is 3. The van der Waals surface area contributed by atoms with Crippen LogP contribution in [0.3, 0.4) is 0 Å². The van der Waals surface area contributed by atoms with Crippen molar-refractivity contribution in [2.24, 2.45) is 5.41 Å². The lowest BCUT2D eigenvalue weighted by molar-refractivity contribution is 0.174. The normalized spacial score (nSPS) is 30.1. The quantitative estimate of drug-likeness (QED) is 0.784. The topological polar surface area (TPSA) is 49.4 Å². The van der Waals surface area contributed by atoms with Gasteiger partial charge in [0.25, 0.3) is 0 Å². The average molecular weight is 246 g/mol. The van der Waals surface area contributed by atoms with Crippen molar-refractivity contribution in [1.82, 2.24) is 9.62 Å². The van der Waals surface area contributed by atoms with Crippen molar-refractivity contribution in [1.29, 1.82) is 0 Å². The van der Waals surface area contributed by atoms with Gasteiger partial charge in [-0.2, -0.15) is 0 Å². The first-order valence-corrected chi connectivity index (χ1v) is 7.81. The predicted molar refractivity (Wildman–Crippen MR) is 64.8 cm³/mol. The van der Waals surface area contributed by atoms with Crippen LogP contribution in [0.1, 0.15) is 32.6 Å². The van der Waals surface area contributed by atoms with Crippen LogP contribution in [0, 0.1) is 5.41 Å². The molecule has 4 nitrogen and oxygen atoms in total. The number of rotatable bonds is 2. The Balaban J connectivity index is 2.02. The third-order valence-corrected chi connectivity index (χ3v) is 5.72. The van der Waals surface area contributed by atoms with Gasteiger partial charge < -0.3 is 5.32 Å². The molecule has 0 atom stereocenters. The first-order chi connectivity index (χ1) is 7.52. The molecule has 0 aromatic carbocycles. The van der Waals surface area contributed by atoms with Gasteiger partial charge in [0.2, 0.25) is 10.0 Å². The summed E-state index contributed by atoms with van der Waals surface area (Å²) in [4.78, 5) is 0. The molecule has 0 spiro atoms. The summed E-state index contributed by atoms with van der Waals surface area (Å²) in [5.74, 6) is 0.349. The van der Waals surface area contributed by atoms with E-state index in [0.717, 1.165) is 51.9 Å². The Labute approximate surface area is 98.4 Å². The highest BCUT2D eigenvalue weighted by molar-refractivity contribution is 7.89. The van der Waals surface area contributed by atoms with E-state index in [1.54, 1.807) is 4.31 Å². The molecule has 16 heavy (non-hydrogen) atoms. The molecular formula is C11H22N2O2S. The highest BCUT2D eigenvalue weighted by atomic mass is 32.2. The molecule has 0 saturated carbocycles. The molecule has 2 saturated heterocycles. The van der Waals surface area contributed by atoms with Crippen LogP contribution in [-0.4, -0.2) is 44.7 Å². The van der Waals surface area contributed by atoms with Gasteiger partial charge in [0.15, 0.2) is 0 Å². The maximum atomic E-state index is 11.9. The second kappa shape index (κ2) is 4.63. The van der Waals surface area contributed by atoms with Crippen molar-refractivity contribution in [3.63, 3.8) is 0 Å². The van der Waals surface area contributed by atoms with Crippen LogP contribution >= 0.6 is 0 Å². The minimum absolute atomic E-state index is 0.176. The van der Waals surface area contributed by atoms with Gasteiger partial charge in [0.05, 0.1) is 5.75 Å². The van der Waals surface area contributed by atoms with E-state index in [-0.39, 0.29) is 5.41 Å². The maximum absolute atomic E-state index is 11.9. The molecule has 2 aliphatic heterocycles. The number of piperidine rings is 1. The highest BCUT2D eigenvalue weighted by Gasteiger charge is 2.34. The largest absolute Gasteiger partial charge is 0.317 e. The molecule has 0 radical (unpaired) electrons. The van der Waals surface area contributed by atoms with E-state index < -0.39 is 10.0 Å². The van der Waals surface area contributed by atoms with Crippen LogP contribution in [0.4, 0.5) is 0 Å². The molecule has 0 bridgehead atoms. The summed E-state index contributed by atoms with van der Waals surface area (Å²) in [5.41, 5.74) is 0.176. The molecule has 0 aliphatic carbocycles. The van der Waals surface area contributed by atoms with Gasteiger partial charge in [-0.25, -0.2) is 12.7 Å². The van der Waals surface area contributed by atoms with Gasteiger partial charge in [0.1, 0.15) is 0 Å². The summed E-state index contributed by atoms with van der Waals surface area (Å²) in [6, 6.07) is 0. The molecule has 94 valence electrons. The lowest BCUT2D eigenvalue weighted by atomic mass is 9.81. The van der Waals surface area contributed by atoms with E-state index >= 15 is 0 Å². The fraction of sp³-hybridized carbons (Fsp3) is 1.00. The first-order valence-electron chi connectivity index (χ1n) is 6.20. The molecule has 0 aromatic heterocycles. The van der Waals surface area contributed by atoms with Gasteiger partial charge in [-0.15, -0.1) is 0 Å². The molecule has 2 heterocycles. The molecular weight excluding hydrogens is 224 g/mol. The molecule has 0 aromatic rings. The Morgan fingerprint density at radius 1 is 1.25 bits per heavy atom. The van der Waals surface area contributed by atoms with Crippen LogP contribution in [0.15, 0.2) is 0 Å². The average Bonchev–Trinajstić information content (AvgIpc) is 2.22. The summed E-state index contributed by atoms with van der Waals surface area (Å²) < 4.78 is 25.5. The summed E-state index contributed by atoms with van der Waals surface area (Å²) >= 11 is 0. The second-order valence-corrected chi connectivity index (χ2v) is 7.51. The van der Waals surface area contributed by atoms with Crippen molar-refractivity contribution in [3.8, 4) is 0 Å². The van der Waals surface area contributed by atoms with Gasteiger partial charge in [-0.05, 0) is 44.2 Å². The number of nitrogens with zero attached hydrogens (tertiary/aromatic N) is 1. The van der Waals surface area contributed by atoms with Gasteiger partial charge in [-0.3, -0.25) is 0 Å². The van der Waals surface area contributed by atoms with Crippen molar-refractivity contribution >= 4 is 10.0 Å². The minimum atomic E-state index is -2.95. The Hall–Kier alpha value is -0.130. The van der Waals surface area contributed by atoms with Crippen LogP contribution in [0.2, 0.25) is 0 Å². The van der Waals surface area contributed by atoms with E-state index in [0.29, 0.717) is 5.75 Å². The Morgan fingerprint density at radius 3 is 2.56 bits per heavy atom. The fourth-order valence-electron chi connectivity index (χ4n) is 2.63. The maximum Gasteiger partial charge on any atom is 0.214 e. The Bertz CT molecular complexity index is 334. The third kappa shape index (κ3) is 2.76. The molecule has 1 N–H and O–H groups in total. The number of hydrogen-bond donors (Lipinski definition) is 1. The van der Waals surface area contributed by atoms with Crippen LogP contribution in [0.5, 0.6) is 0 Å². The molecule has 0 unspecified atom stereocenters. The van der Waals surface area contributed by atoms with Crippen LogP contribution in [0.25, 0.3) is 0 Å². The van der Waals surface area contributed by atoms with Gasteiger partial charge in [-0.1, -0.05) is 6.92 Å². The SMILES string of the molecule is CC1(CN2CCCCS2(=O)=O)CCNCC1. The Morgan fingerprint density at radius 2 is 1.94 bits per heavy atom. The fourth-order valence-corrected chi connectivity index (χ4v) is 4.38. The molecule has 2 fully saturated rings. The zero-order valence-electron chi connectivity index (χ0n) is 10.0. The van der Waals surface area contributed by atoms with Crippen LogP contribution < -0.4 is 5.32 Å². The van der Waals surface area contributed by atoms with E-state index in [1.165, 1.54) is 0 Å². The zero-order chi connectivity index (χ0) is 11.6. The Kier molecular flexibility index (Phi) is 3.56. The first kappa shape index (κ1) is 12.3. The van der Waals surface area contributed by atoms with Crippen molar-refractivity contribution in [3.05, 3.63) is 0 Å². The lowest BCUT2D eigenvalue weighted by Gasteiger charge is -2.39. The second-order valence-electron chi connectivity index (χ2n) is 5.42. The zero-order valence-corrected chi connectivity index (χ0v) is 10.9. The molecule has 2 rings (SSSR count). The summed E-state index contributed by atoms with van der Waals surface area (Å²) in [7, 11) is -2.95. The third-order valence-electron chi connectivity index (χ3n) is 3.82. The van der Waals surface area contributed by atoms with Crippen LogP contribution in [-0.2, 0) is 10.0 Å². The van der Waals surface area contributed by atoms with Crippen molar-refractivity contribution in [2.45, 2.75) is 32.6 Å². The van der Waals surface area contributed by atoms with E-state index in [4.69, 9.17) is 0 Å². The van der Waals surface area contributed by atoms with E-state index in [1.807, 2.05) is 0 Å². The van der Waals surface area contributed by atoms with E-state index in [2.05, 4.69) is 12.2 Å². The molecule has 0 amide bonds. The summed E-state index contributed by atoms with van der Waals surface area (Å²) in [6.07, 6.45) is 4.02. The predicted octanol–water partition coefficient (Wildman–Crippen LogP) is 0.802. The number of nitrogens with one attached hydrogen (secondary N) is 1. The monoisotopic (exact) mass is 246 g/mol. The number of sulfonamides is 1. The van der Waals surface area contributed by atoms with Gasteiger partial charge in [0, 0.05) is 13.1 Å². The lowest BCUT2D eigenvalue weighted by Crippen LogP contribution is -2.47. The summed E-state index contributed by atoms with van der Waals surface area (Å²) in [5, 5.41) is 3.33. The minimum Gasteiger partial charge on any atom is -0.317 e. The smallest absolute Gasteiger partial charge is 0.214 e. The van der Waals surface area contributed by atoms with E-state index in [9.17, 15) is 8.42 Å². The molecule has 5 heteroatoms. The van der Waals surface area contributed by atoms with Crippen molar-refractivity contribution in [2.75, 3.05) is 31.9 Å². The summed E-state index contributed by atoms with van der Waals surface area (Å²) in [6.45, 7) is 5.70.